The number of benzene rings is 1. The second kappa shape index (κ2) is 4.84. The maximum Gasteiger partial charge on any atom is 0.441 e. The molecule has 0 spiro atoms. The number of nitrogens with one attached hydrogen (secondary N) is 2. The molecule has 0 unspecified atom stereocenters. The van der Waals surface area contributed by atoms with Gasteiger partial charge in [-0.15, -0.1) is 0 Å². The van der Waals surface area contributed by atoms with Gasteiger partial charge in [0.05, 0.1) is 7.11 Å². The molecule has 0 radical (unpaired) electrons. The Kier molecular flexibility index (Phi) is 3.02. The number of methoxy groups -OCH3 is 1. The first-order valence-corrected chi connectivity index (χ1v) is 6.28. The number of carbonyl (C=O) groups is 1. The number of amides is 1. The minimum Gasteiger partial charge on any atom is -0.497 e. The van der Waals surface area contributed by atoms with E-state index in [0.717, 1.165) is 12.8 Å². The predicted octanol–water partition coefficient (Wildman–Crippen LogP) is 0.145. The van der Waals surface area contributed by atoms with Crippen molar-refractivity contribution < 1.29 is 18.7 Å². The highest BCUT2D eigenvalue weighted by molar-refractivity contribution is 5.90. The highest BCUT2D eigenvalue weighted by atomic mass is 16.5. The Hall–Kier alpha value is -2.57. The fraction of sp³-hybridized carbons (Fsp3) is 0.308. The zero-order valence-corrected chi connectivity index (χ0v) is 10.9. The van der Waals surface area contributed by atoms with Crippen LogP contribution in [0.1, 0.15) is 23.3 Å². The fourth-order valence-electron chi connectivity index (χ4n) is 1.86. The van der Waals surface area contributed by atoms with E-state index in [4.69, 9.17) is 9.26 Å². The van der Waals surface area contributed by atoms with E-state index >= 15 is 0 Å². The average Bonchev–Trinajstić information content (AvgIpc) is 3.19. The Morgan fingerprint density at radius 1 is 1.40 bits per heavy atom. The van der Waals surface area contributed by atoms with Crippen LogP contribution in [0.4, 0.5) is 0 Å². The van der Waals surface area contributed by atoms with Gasteiger partial charge >= 0.3 is 17.2 Å². The van der Waals surface area contributed by atoms with E-state index in [0.29, 0.717) is 11.4 Å². The maximum atomic E-state index is 12.1. The molecule has 3 rings (SSSR count). The van der Waals surface area contributed by atoms with Gasteiger partial charge in [-0.05, 0) is 34.9 Å². The van der Waals surface area contributed by atoms with Gasteiger partial charge in [0, 0.05) is 18.2 Å². The molecule has 1 aromatic heterocycles. The van der Waals surface area contributed by atoms with Crippen LogP contribution in [-0.2, 0) is 0 Å². The molecule has 1 heterocycles. The molecular formula is C13H14N3O4+. The van der Waals surface area contributed by atoms with Crippen molar-refractivity contribution in [2.75, 3.05) is 7.11 Å². The second-order valence-corrected chi connectivity index (χ2v) is 4.61. The molecule has 2 aromatic rings. The maximum absolute atomic E-state index is 12.1. The van der Waals surface area contributed by atoms with Crippen LogP contribution in [0.3, 0.4) is 0 Å². The lowest BCUT2D eigenvalue weighted by molar-refractivity contribution is -0.672. The molecule has 7 nitrogen and oxygen atoms in total. The summed E-state index contributed by atoms with van der Waals surface area (Å²) in [6.07, 6.45) is 1.90. The monoisotopic (exact) mass is 276 g/mol. The smallest absolute Gasteiger partial charge is 0.441 e. The Balaban J connectivity index is 1.96. The van der Waals surface area contributed by atoms with Crippen LogP contribution < -0.4 is 20.4 Å². The van der Waals surface area contributed by atoms with Gasteiger partial charge in [0.25, 0.3) is 0 Å². The van der Waals surface area contributed by atoms with Crippen molar-refractivity contribution in [3.8, 4) is 11.4 Å². The standard InChI is InChI=1S/C13H13N3O4/c1-19-10-6-4-9(5-7-10)16-11(13(18)20-15-16)12(17)14-8-2-3-8/h4-8H,2-3H2,1H3,(H-,14,15,17,18)/p+1. The minimum atomic E-state index is -0.695. The highest BCUT2D eigenvalue weighted by Crippen LogP contribution is 2.18. The third-order valence-corrected chi connectivity index (χ3v) is 3.10. The summed E-state index contributed by atoms with van der Waals surface area (Å²) in [7, 11) is 1.57. The van der Waals surface area contributed by atoms with Crippen molar-refractivity contribution >= 4 is 5.91 Å². The molecule has 1 fully saturated rings. The van der Waals surface area contributed by atoms with Gasteiger partial charge in [0.1, 0.15) is 5.75 Å². The molecule has 0 aliphatic heterocycles. The van der Waals surface area contributed by atoms with Gasteiger partial charge < -0.3 is 10.1 Å². The van der Waals surface area contributed by atoms with E-state index in [1.807, 2.05) is 0 Å². The summed E-state index contributed by atoms with van der Waals surface area (Å²) in [6, 6.07) is 7.07. The van der Waals surface area contributed by atoms with Gasteiger partial charge in [0.2, 0.25) is 5.69 Å². The lowest BCUT2D eigenvalue weighted by Crippen LogP contribution is -2.45. The molecule has 1 amide bonds. The first-order valence-electron chi connectivity index (χ1n) is 6.28. The zero-order valence-electron chi connectivity index (χ0n) is 10.9. The van der Waals surface area contributed by atoms with Crippen LogP contribution in [-0.4, -0.2) is 24.3 Å². The molecule has 0 bridgehead atoms. The number of aromatic amines is 1. The van der Waals surface area contributed by atoms with Crippen LogP contribution in [0, 0.1) is 0 Å². The summed E-state index contributed by atoms with van der Waals surface area (Å²) in [6.45, 7) is 0. The van der Waals surface area contributed by atoms with Crippen LogP contribution in [0.25, 0.3) is 5.69 Å². The molecule has 0 saturated heterocycles. The first kappa shape index (κ1) is 12.5. The van der Waals surface area contributed by atoms with E-state index in [-0.39, 0.29) is 11.7 Å². The molecule has 0 atom stereocenters. The third kappa shape index (κ3) is 2.29. The molecule has 1 aromatic carbocycles. The van der Waals surface area contributed by atoms with Crippen LogP contribution >= 0.6 is 0 Å². The number of aromatic nitrogens is 2. The topological polar surface area (TPSA) is 88.2 Å². The van der Waals surface area contributed by atoms with Crippen molar-refractivity contribution in [3.63, 3.8) is 0 Å². The average molecular weight is 276 g/mol. The molecule has 20 heavy (non-hydrogen) atoms. The van der Waals surface area contributed by atoms with Crippen molar-refractivity contribution in [2.45, 2.75) is 18.9 Å². The number of ether oxygens (including phenoxy) is 1. The minimum absolute atomic E-state index is 0.0675. The number of hydrogen-bond acceptors (Lipinski definition) is 4. The molecule has 1 aliphatic carbocycles. The van der Waals surface area contributed by atoms with Gasteiger partial charge in [-0.3, -0.25) is 9.32 Å². The summed E-state index contributed by atoms with van der Waals surface area (Å²) in [5.41, 5.74) is -0.154. The van der Waals surface area contributed by atoms with Gasteiger partial charge in [-0.25, -0.2) is 4.79 Å². The number of H-pyrrole nitrogens is 1. The predicted molar refractivity (Wildman–Crippen MR) is 67.9 cm³/mol. The number of hydrogen-bond donors (Lipinski definition) is 2. The van der Waals surface area contributed by atoms with Crippen molar-refractivity contribution in [1.82, 2.24) is 10.6 Å². The van der Waals surface area contributed by atoms with Gasteiger partial charge in [-0.2, -0.15) is 0 Å². The van der Waals surface area contributed by atoms with Crippen LogP contribution in [0.15, 0.2) is 33.6 Å². The summed E-state index contributed by atoms with van der Waals surface area (Å²) in [4.78, 5) is 23.7. The number of rotatable bonds is 4. The molecule has 104 valence electrons. The van der Waals surface area contributed by atoms with Crippen molar-refractivity contribution in [2.24, 2.45) is 0 Å². The van der Waals surface area contributed by atoms with E-state index < -0.39 is 11.5 Å². The number of carbonyl (C=O) groups excluding carboxylic acids is 1. The Bertz CT molecular complexity index is 682. The quantitative estimate of drug-likeness (QED) is 0.778. The fourth-order valence-corrected chi connectivity index (χ4v) is 1.86. The summed E-state index contributed by atoms with van der Waals surface area (Å²) >= 11 is 0. The Morgan fingerprint density at radius 2 is 2.10 bits per heavy atom. The largest absolute Gasteiger partial charge is 0.497 e. The number of nitrogens with zero attached hydrogens (tertiary/aromatic N) is 1. The Labute approximate surface area is 114 Å². The van der Waals surface area contributed by atoms with Crippen molar-refractivity contribution in [3.05, 3.63) is 40.4 Å². The van der Waals surface area contributed by atoms with E-state index in [9.17, 15) is 9.59 Å². The Morgan fingerprint density at radius 3 is 2.70 bits per heavy atom. The van der Waals surface area contributed by atoms with Crippen LogP contribution in [0.5, 0.6) is 5.75 Å². The zero-order chi connectivity index (χ0) is 14.1. The van der Waals surface area contributed by atoms with E-state index in [1.54, 1.807) is 31.4 Å². The van der Waals surface area contributed by atoms with E-state index in [1.165, 1.54) is 4.68 Å². The normalized spacial score (nSPS) is 14.1. The SMILES string of the molecule is COc1ccc(-[n+]2[nH]oc(=O)c2C(=O)NC2CC2)cc1. The van der Waals surface area contributed by atoms with Gasteiger partial charge in [-0.1, -0.05) is 0 Å². The first-order chi connectivity index (χ1) is 9.69. The van der Waals surface area contributed by atoms with E-state index in [2.05, 4.69) is 10.6 Å². The summed E-state index contributed by atoms with van der Waals surface area (Å²) in [5, 5.41) is 5.20. The molecule has 1 aliphatic rings. The van der Waals surface area contributed by atoms with Crippen molar-refractivity contribution in [1.29, 1.82) is 0 Å². The summed E-state index contributed by atoms with van der Waals surface area (Å²) < 4.78 is 11.1. The molecule has 7 heteroatoms. The lowest BCUT2D eigenvalue weighted by Gasteiger charge is -1.99. The third-order valence-electron chi connectivity index (χ3n) is 3.10. The summed E-state index contributed by atoms with van der Waals surface area (Å²) in [5.74, 6) is 0.252. The lowest BCUT2D eigenvalue weighted by atomic mass is 10.3. The highest BCUT2D eigenvalue weighted by Gasteiger charge is 2.34. The van der Waals surface area contributed by atoms with Crippen LogP contribution in [0.2, 0.25) is 0 Å². The molecule has 2 N–H and O–H groups in total. The second-order valence-electron chi connectivity index (χ2n) is 4.61. The molecular weight excluding hydrogens is 262 g/mol. The van der Waals surface area contributed by atoms with Gasteiger partial charge in [0.15, 0.2) is 0 Å². The molecule has 1 saturated carbocycles.